The third kappa shape index (κ3) is 3.33. The summed E-state index contributed by atoms with van der Waals surface area (Å²) in [6, 6.07) is 8.22. The summed E-state index contributed by atoms with van der Waals surface area (Å²) >= 11 is 0. The lowest BCUT2D eigenvalue weighted by Crippen LogP contribution is -2.47. The summed E-state index contributed by atoms with van der Waals surface area (Å²) in [4.78, 5) is 6.59. The summed E-state index contributed by atoms with van der Waals surface area (Å²) < 4.78 is 5.45. The number of anilines is 1. The van der Waals surface area contributed by atoms with Gasteiger partial charge in [-0.3, -0.25) is 4.90 Å². The molecule has 112 valence electrons. The van der Waals surface area contributed by atoms with E-state index in [1.807, 2.05) is 12.1 Å². The normalized spacial score (nSPS) is 16.1. The average molecular weight is 287 g/mol. The van der Waals surface area contributed by atoms with Crippen LogP contribution in [0.15, 0.2) is 36.7 Å². The molecular formula is C15H21N5O. The number of rotatable bonds is 5. The molecule has 0 spiro atoms. The van der Waals surface area contributed by atoms with Gasteiger partial charge in [-0.2, -0.15) is 15.0 Å². The van der Waals surface area contributed by atoms with E-state index in [1.54, 1.807) is 24.3 Å². The van der Waals surface area contributed by atoms with E-state index >= 15 is 0 Å². The van der Waals surface area contributed by atoms with Gasteiger partial charge in [-0.15, -0.1) is 0 Å². The lowest BCUT2D eigenvalue weighted by atomic mass is 10.2. The highest BCUT2D eigenvalue weighted by Crippen LogP contribution is 2.28. The topological polar surface area (TPSA) is 46.4 Å². The Balaban J connectivity index is 1.53. The second kappa shape index (κ2) is 6.58. The molecule has 6 heteroatoms. The molecule has 0 atom stereocenters. The van der Waals surface area contributed by atoms with E-state index in [0.29, 0.717) is 0 Å². The molecule has 1 aromatic carbocycles. The zero-order valence-corrected chi connectivity index (χ0v) is 12.4. The van der Waals surface area contributed by atoms with E-state index in [0.717, 1.165) is 45.0 Å². The number of methoxy groups -OCH3 is 1. The number of ether oxygens (including phenoxy) is 1. The van der Waals surface area contributed by atoms with Crippen LogP contribution in [0.2, 0.25) is 0 Å². The molecule has 2 aromatic rings. The van der Waals surface area contributed by atoms with Gasteiger partial charge >= 0.3 is 0 Å². The Bertz CT molecular complexity index is 549. The van der Waals surface area contributed by atoms with E-state index in [9.17, 15) is 0 Å². The van der Waals surface area contributed by atoms with Crippen LogP contribution in [0.3, 0.4) is 0 Å². The molecule has 2 heterocycles. The lowest BCUT2D eigenvalue weighted by Gasteiger charge is -2.36. The van der Waals surface area contributed by atoms with Crippen LogP contribution < -0.4 is 9.64 Å². The van der Waals surface area contributed by atoms with E-state index in [-0.39, 0.29) is 0 Å². The summed E-state index contributed by atoms with van der Waals surface area (Å²) in [5.74, 6) is 0.951. The maximum atomic E-state index is 5.45. The first-order valence-corrected chi connectivity index (χ1v) is 7.31. The summed E-state index contributed by atoms with van der Waals surface area (Å²) in [5, 5.41) is 8.28. The fourth-order valence-corrected chi connectivity index (χ4v) is 2.69. The van der Waals surface area contributed by atoms with Gasteiger partial charge in [-0.1, -0.05) is 12.1 Å². The molecule has 0 aliphatic carbocycles. The second-order valence-corrected chi connectivity index (χ2v) is 5.13. The van der Waals surface area contributed by atoms with Crippen LogP contribution in [-0.2, 0) is 6.54 Å². The molecule has 1 aromatic heterocycles. The molecule has 21 heavy (non-hydrogen) atoms. The summed E-state index contributed by atoms with van der Waals surface area (Å²) in [5.41, 5.74) is 1.19. The predicted octanol–water partition coefficient (Wildman–Crippen LogP) is 1.11. The minimum atomic E-state index is 0.849. The molecule has 0 unspecified atom stereocenters. The zero-order chi connectivity index (χ0) is 14.5. The number of benzene rings is 1. The summed E-state index contributed by atoms with van der Waals surface area (Å²) in [6.45, 7) is 5.99. The highest BCUT2D eigenvalue weighted by Gasteiger charge is 2.19. The van der Waals surface area contributed by atoms with E-state index in [1.165, 1.54) is 5.69 Å². The fraction of sp³-hybridized carbons (Fsp3) is 0.467. The maximum Gasteiger partial charge on any atom is 0.142 e. The third-order valence-corrected chi connectivity index (χ3v) is 3.88. The van der Waals surface area contributed by atoms with Crippen LogP contribution in [0.4, 0.5) is 5.69 Å². The SMILES string of the molecule is COc1ccccc1N1CCN(CCn2nccn2)CC1. The maximum absolute atomic E-state index is 5.45. The van der Waals surface area contributed by atoms with E-state index in [4.69, 9.17) is 4.74 Å². The number of hydrogen-bond acceptors (Lipinski definition) is 5. The van der Waals surface area contributed by atoms with Crippen molar-refractivity contribution in [1.29, 1.82) is 0 Å². The highest BCUT2D eigenvalue weighted by molar-refractivity contribution is 5.58. The van der Waals surface area contributed by atoms with Crippen molar-refractivity contribution in [3.8, 4) is 5.75 Å². The van der Waals surface area contributed by atoms with Crippen molar-refractivity contribution in [1.82, 2.24) is 19.9 Å². The molecule has 1 fully saturated rings. The van der Waals surface area contributed by atoms with Crippen LogP contribution in [0.25, 0.3) is 0 Å². The van der Waals surface area contributed by atoms with Crippen molar-refractivity contribution in [3.05, 3.63) is 36.7 Å². The molecular weight excluding hydrogens is 266 g/mol. The van der Waals surface area contributed by atoms with Gasteiger partial charge < -0.3 is 9.64 Å². The fourth-order valence-electron chi connectivity index (χ4n) is 2.69. The number of nitrogens with zero attached hydrogens (tertiary/aromatic N) is 5. The molecule has 0 bridgehead atoms. The Morgan fingerprint density at radius 2 is 1.71 bits per heavy atom. The number of para-hydroxylation sites is 2. The molecule has 1 saturated heterocycles. The molecule has 0 saturated carbocycles. The Labute approximate surface area is 124 Å². The molecule has 0 N–H and O–H groups in total. The number of aromatic nitrogens is 3. The molecule has 0 radical (unpaired) electrons. The van der Waals surface area contributed by atoms with Gasteiger partial charge in [0.2, 0.25) is 0 Å². The van der Waals surface area contributed by atoms with Gasteiger partial charge in [0.15, 0.2) is 0 Å². The largest absolute Gasteiger partial charge is 0.495 e. The van der Waals surface area contributed by atoms with Gasteiger partial charge in [-0.25, -0.2) is 0 Å². The van der Waals surface area contributed by atoms with Crippen LogP contribution in [-0.4, -0.2) is 59.7 Å². The van der Waals surface area contributed by atoms with Crippen LogP contribution in [0, 0.1) is 0 Å². The zero-order valence-electron chi connectivity index (χ0n) is 12.4. The molecule has 6 nitrogen and oxygen atoms in total. The minimum Gasteiger partial charge on any atom is -0.495 e. The van der Waals surface area contributed by atoms with Gasteiger partial charge in [0, 0.05) is 32.7 Å². The predicted molar refractivity (Wildman–Crippen MR) is 81.7 cm³/mol. The molecule has 0 amide bonds. The smallest absolute Gasteiger partial charge is 0.142 e. The van der Waals surface area contributed by atoms with Crippen molar-refractivity contribution in [2.75, 3.05) is 44.7 Å². The summed E-state index contributed by atoms with van der Waals surface area (Å²) in [6.07, 6.45) is 3.44. The third-order valence-electron chi connectivity index (χ3n) is 3.88. The first-order chi connectivity index (χ1) is 10.4. The minimum absolute atomic E-state index is 0.849. The first kappa shape index (κ1) is 13.9. The number of hydrogen-bond donors (Lipinski definition) is 0. The Morgan fingerprint density at radius 3 is 2.43 bits per heavy atom. The summed E-state index contributed by atoms with van der Waals surface area (Å²) in [7, 11) is 1.73. The van der Waals surface area contributed by atoms with Gasteiger partial charge in [0.25, 0.3) is 0 Å². The Kier molecular flexibility index (Phi) is 4.35. The Morgan fingerprint density at radius 1 is 1.00 bits per heavy atom. The molecule has 1 aliphatic heterocycles. The average Bonchev–Trinajstić information content (AvgIpc) is 3.07. The van der Waals surface area contributed by atoms with Crippen molar-refractivity contribution in [2.45, 2.75) is 6.54 Å². The van der Waals surface area contributed by atoms with Crippen LogP contribution >= 0.6 is 0 Å². The number of piperazine rings is 1. The molecule has 1 aliphatic rings. The quantitative estimate of drug-likeness (QED) is 0.824. The lowest BCUT2D eigenvalue weighted by molar-refractivity contribution is 0.239. The van der Waals surface area contributed by atoms with Crippen molar-refractivity contribution in [3.63, 3.8) is 0 Å². The van der Waals surface area contributed by atoms with Gasteiger partial charge in [-0.05, 0) is 12.1 Å². The van der Waals surface area contributed by atoms with E-state index in [2.05, 4.69) is 32.1 Å². The first-order valence-electron chi connectivity index (χ1n) is 7.31. The Hall–Kier alpha value is -2.08. The molecule has 3 rings (SSSR count). The van der Waals surface area contributed by atoms with Gasteiger partial charge in [0.1, 0.15) is 5.75 Å². The van der Waals surface area contributed by atoms with E-state index < -0.39 is 0 Å². The monoisotopic (exact) mass is 287 g/mol. The van der Waals surface area contributed by atoms with Gasteiger partial charge in [0.05, 0.1) is 31.7 Å². The highest BCUT2D eigenvalue weighted by atomic mass is 16.5. The van der Waals surface area contributed by atoms with Crippen molar-refractivity contribution < 1.29 is 4.74 Å². The van der Waals surface area contributed by atoms with Crippen molar-refractivity contribution >= 4 is 5.69 Å². The standard InChI is InChI=1S/C15H21N5O/c1-21-15-5-3-2-4-14(15)19-11-8-18(9-12-19)10-13-20-16-6-7-17-20/h2-7H,8-13H2,1H3. The van der Waals surface area contributed by atoms with Crippen LogP contribution in [0.1, 0.15) is 0 Å². The second-order valence-electron chi connectivity index (χ2n) is 5.13. The van der Waals surface area contributed by atoms with Crippen LogP contribution in [0.5, 0.6) is 5.75 Å². The van der Waals surface area contributed by atoms with Crippen molar-refractivity contribution in [2.24, 2.45) is 0 Å².